The van der Waals surface area contributed by atoms with E-state index in [-0.39, 0.29) is 29.7 Å². The molecule has 0 radical (unpaired) electrons. The number of carbonyl (C=O) groups is 1. The molecule has 118 valence electrons. The summed E-state index contributed by atoms with van der Waals surface area (Å²) in [6, 6.07) is 3.31. The summed E-state index contributed by atoms with van der Waals surface area (Å²) in [5.74, 6) is 3.02. The lowest BCUT2D eigenvalue weighted by Crippen LogP contribution is -2.42. The van der Waals surface area contributed by atoms with Gasteiger partial charge in [-0.15, -0.1) is 24.0 Å². The molecule has 8 heteroatoms. The Kier molecular flexibility index (Phi) is 7.94. The molecule has 0 bridgehead atoms. The number of rotatable bonds is 4. The van der Waals surface area contributed by atoms with Gasteiger partial charge in [-0.1, -0.05) is 0 Å². The van der Waals surface area contributed by atoms with Gasteiger partial charge in [-0.05, 0) is 19.1 Å². The van der Waals surface area contributed by atoms with E-state index in [0.29, 0.717) is 24.9 Å². The molecule has 1 aromatic heterocycles. The van der Waals surface area contributed by atoms with Crippen LogP contribution in [0.4, 0.5) is 0 Å². The van der Waals surface area contributed by atoms with Gasteiger partial charge < -0.3 is 19.8 Å². The average molecular weight is 425 g/mol. The topological polar surface area (TPSA) is 81.1 Å². The maximum atomic E-state index is 11.5. The second kappa shape index (κ2) is 9.19. The van der Waals surface area contributed by atoms with E-state index in [0.717, 1.165) is 24.6 Å². The molecule has 1 saturated heterocycles. The molecule has 1 aromatic rings. The van der Waals surface area contributed by atoms with Gasteiger partial charge in [-0.25, -0.2) is 9.79 Å². The molecule has 0 aromatic carbocycles. The Balaban J connectivity index is 0.00000220. The van der Waals surface area contributed by atoms with Crippen molar-refractivity contribution in [1.29, 1.82) is 0 Å². The van der Waals surface area contributed by atoms with E-state index in [2.05, 4.69) is 9.89 Å². The Morgan fingerprint density at radius 1 is 1.48 bits per heavy atom. The molecular formula is C13H20IN3O3S. The SMILES string of the molecule is CCOC(=O)c1ccc(CN=C(N)N2CCSCC2)o1.I. The fraction of sp³-hybridized carbons (Fsp3) is 0.538. The number of nitrogens with zero attached hydrogens (tertiary/aromatic N) is 2. The first-order chi connectivity index (χ1) is 9.70. The third kappa shape index (κ3) is 5.42. The molecular weight excluding hydrogens is 405 g/mol. The minimum absolute atomic E-state index is 0. The molecule has 0 unspecified atom stereocenters. The van der Waals surface area contributed by atoms with E-state index in [9.17, 15) is 4.79 Å². The standard InChI is InChI=1S/C13H19N3O3S.HI/c1-2-18-12(17)11-4-3-10(19-11)9-15-13(14)16-5-7-20-8-6-16;/h3-4H,2,5-9H2,1H3,(H2,14,15);1H. The van der Waals surface area contributed by atoms with Gasteiger partial charge in [-0.3, -0.25) is 0 Å². The van der Waals surface area contributed by atoms with Crippen LogP contribution in [0.2, 0.25) is 0 Å². The third-order valence-corrected chi connectivity index (χ3v) is 3.81. The molecule has 6 nitrogen and oxygen atoms in total. The summed E-state index contributed by atoms with van der Waals surface area (Å²) >= 11 is 1.92. The third-order valence-electron chi connectivity index (χ3n) is 2.87. The van der Waals surface area contributed by atoms with Gasteiger partial charge in [-0.2, -0.15) is 11.8 Å². The number of hydrogen-bond donors (Lipinski definition) is 1. The van der Waals surface area contributed by atoms with Gasteiger partial charge >= 0.3 is 5.97 Å². The number of aliphatic imine (C=N–C) groups is 1. The molecule has 21 heavy (non-hydrogen) atoms. The molecule has 1 fully saturated rings. The highest BCUT2D eigenvalue weighted by molar-refractivity contribution is 14.0. The summed E-state index contributed by atoms with van der Waals surface area (Å²) in [6.07, 6.45) is 0. The van der Waals surface area contributed by atoms with Crippen LogP contribution in [-0.2, 0) is 11.3 Å². The smallest absolute Gasteiger partial charge is 0.374 e. The lowest BCUT2D eigenvalue weighted by atomic mass is 10.4. The van der Waals surface area contributed by atoms with Crippen LogP contribution in [0.15, 0.2) is 21.5 Å². The highest BCUT2D eigenvalue weighted by Crippen LogP contribution is 2.12. The summed E-state index contributed by atoms with van der Waals surface area (Å²) in [6.45, 7) is 4.25. The number of carbonyl (C=O) groups excluding carboxylic acids is 1. The normalized spacial score (nSPS) is 15.5. The van der Waals surface area contributed by atoms with Crippen LogP contribution in [0.1, 0.15) is 23.2 Å². The van der Waals surface area contributed by atoms with Crippen LogP contribution in [0.3, 0.4) is 0 Å². The van der Waals surface area contributed by atoms with Crippen LogP contribution in [0.25, 0.3) is 0 Å². The number of hydrogen-bond acceptors (Lipinski definition) is 5. The summed E-state index contributed by atoms with van der Waals surface area (Å²) in [4.78, 5) is 17.8. The minimum Gasteiger partial charge on any atom is -0.460 e. The molecule has 0 spiro atoms. The molecule has 0 atom stereocenters. The molecule has 2 N–H and O–H groups in total. The monoisotopic (exact) mass is 425 g/mol. The number of ether oxygens (including phenoxy) is 1. The number of nitrogens with two attached hydrogens (primary N) is 1. The molecule has 0 amide bonds. The van der Waals surface area contributed by atoms with Crippen molar-refractivity contribution in [2.24, 2.45) is 10.7 Å². The Labute approximate surface area is 145 Å². The zero-order chi connectivity index (χ0) is 14.4. The predicted molar refractivity (Wildman–Crippen MR) is 94.3 cm³/mol. The number of esters is 1. The fourth-order valence-corrected chi connectivity index (χ4v) is 2.73. The van der Waals surface area contributed by atoms with Crippen LogP contribution < -0.4 is 5.73 Å². The summed E-state index contributed by atoms with van der Waals surface area (Å²) < 4.78 is 10.2. The van der Waals surface area contributed by atoms with Crippen molar-refractivity contribution in [3.05, 3.63) is 23.7 Å². The van der Waals surface area contributed by atoms with E-state index in [1.54, 1.807) is 19.1 Å². The van der Waals surface area contributed by atoms with Crippen molar-refractivity contribution in [3.63, 3.8) is 0 Å². The Bertz CT molecular complexity index is 487. The Hall–Kier alpha value is -0.900. The highest BCUT2D eigenvalue weighted by Gasteiger charge is 2.14. The maximum Gasteiger partial charge on any atom is 0.374 e. The van der Waals surface area contributed by atoms with E-state index in [1.165, 1.54) is 0 Å². The highest BCUT2D eigenvalue weighted by atomic mass is 127. The molecule has 0 aliphatic carbocycles. The molecule has 2 heterocycles. The number of furan rings is 1. The molecule has 2 rings (SSSR count). The lowest BCUT2D eigenvalue weighted by molar-refractivity contribution is 0.0488. The van der Waals surface area contributed by atoms with Gasteiger partial charge in [0.1, 0.15) is 12.3 Å². The molecule has 1 aliphatic heterocycles. The first-order valence-corrected chi connectivity index (χ1v) is 7.74. The van der Waals surface area contributed by atoms with Gasteiger partial charge in [0, 0.05) is 24.6 Å². The average Bonchev–Trinajstić information content (AvgIpc) is 2.95. The van der Waals surface area contributed by atoms with Gasteiger partial charge in [0.25, 0.3) is 0 Å². The van der Waals surface area contributed by atoms with Gasteiger partial charge in [0.05, 0.1) is 6.61 Å². The van der Waals surface area contributed by atoms with Crippen molar-refractivity contribution in [1.82, 2.24) is 4.90 Å². The van der Waals surface area contributed by atoms with E-state index in [4.69, 9.17) is 14.9 Å². The minimum atomic E-state index is -0.455. The maximum absolute atomic E-state index is 11.5. The quantitative estimate of drug-likeness (QED) is 0.344. The van der Waals surface area contributed by atoms with Crippen LogP contribution in [-0.4, -0.2) is 48.0 Å². The van der Waals surface area contributed by atoms with Gasteiger partial charge in [0.2, 0.25) is 5.76 Å². The molecule has 1 aliphatic rings. The predicted octanol–water partition coefficient (Wildman–Crippen LogP) is 1.94. The van der Waals surface area contributed by atoms with Crippen molar-refractivity contribution < 1.29 is 13.9 Å². The zero-order valence-corrected chi connectivity index (χ0v) is 15.1. The van der Waals surface area contributed by atoms with E-state index < -0.39 is 5.97 Å². The fourth-order valence-electron chi connectivity index (χ4n) is 1.83. The van der Waals surface area contributed by atoms with Gasteiger partial charge in [0.15, 0.2) is 5.96 Å². The van der Waals surface area contributed by atoms with Crippen molar-refractivity contribution in [2.75, 3.05) is 31.2 Å². The van der Waals surface area contributed by atoms with Crippen molar-refractivity contribution in [3.8, 4) is 0 Å². The summed E-state index contributed by atoms with van der Waals surface area (Å²) in [5.41, 5.74) is 5.94. The van der Waals surface area contributed by atoms with Crippen LogP contribution >= 0.6 is 35.7 Å². The number of thioether (sulfide) groups is 1. The number of guanidine groups is 1. The lowest BCUT2D eigenvalue weighted by Gasteiger charge is -2.27. The van der Waals surface area contributed by atoms with E-state index >= 15 is 0 Å². The second-order valence-corrected chi connectivity index (χ2v) is 5.49. The van der Waals surface area contributed by atoms with Crippen LogP contribution in [0, 0.1) is 0 Å². The number of halogens is 1. The van der Waals surface area contributed by atoms with E-state index in [1.807, 2.05) is 11.8 Å². The first kappa shape index (κ1) is 18.1. The van der Waals surface area contributed by atoms with Crippen molar-refractivity contribution in [2.45, 2.75) is 13.5 Å². The molecule has 0 saturated carbocycles. The second-order valence-electron chi connectivity index (χ2n) is 4.26. The van der Waals surface area contributed by atoms with Crippen molar-refractivity contribution >= 4 is 47.7 Å². The summed E-state index contributed by atoms with van der Waals surface area (Å²) in [7, 11) is 0. The first-order valence-electron chi connectivity index (χ1n) is 6.59. The Morgan fingerprint density at radius 2 is 2.19 bits per heavy atom. The zero-order valence-electron chi connectivity index (χ0n) is 11.9. The largest absolute Gasteiger partial charge is 0.460 e. The Morgan fingerprint density at radius 3 is 2.86 bits per heavy atom. The van der Waals surface area contributed by atoms with Crippen LogP contribution in [0.5, 0.6) is 0 Å². The summed E-state index contributed by atoms with van der Waals surface area (Å²) in [5, 5.41) is 0.